The van der Waals surface area contributed by atoms with E-state index in [1.54, 1.807) is 0 Å². The molecule has 1 N–H and O–H groups in total. The monoisotopic (exact) mass is 331 g/mol. The van der Waals surface area contributed by atoms with Gasteiger partial charge in [0.1, 0.15) is 12.3 Å². The predicted molar refractivity (Wildman–Crippen MR) is 95.2 cm³/mol. The van der Waals surface area contributed by atoms with Crippen LogP contribution in [0, 0.1) is 5.92 Å². The van der Waals surface area contributed by atoms with Crippen LogP contribution < -0.4 is 9.64 Å². The maximum Gasteiger partial charge on any atom is 0.231 e. The van der Waals surface area contributed by atoms with Crippen molar-refractivity contribution in [2.45, 2.75) is 45.6 Å². The van der Waals surface area contributed by atoms with E-state index in [4.69, 9.17) is 4.74 Å². The largest absolute Gasteiger partial charge is 0.493 e. The number of benzene rings is 1. The second-order valence-electron chi connectivity index (χ2n) is 7.15. The molecule has 4 heteroatoms. The Labute approximate surface area is 145 Å². The molecule has 2 heterocycles. The molecule has 2 fully saturated rings. The second kappa shape index (κ2) is 8.52. The number of carbonyl (C=O) groups excluding carboxylic acids is 1. The van der Waals surface area contributed by atoms with Crippen LogP contribution in [-0.4, -0.2) is 43.6 Å². The topological polar surface area (TPSA) is 34.0 Å². The number of nitrogens with zero attached hydrogens (tertiary/aromatic N) is 1. The lowest BCUT2D eigenvalue weighted by Crippen LogP contribution is -3.12. The summed E-state index contributed by atoms with van der Waals surface area (Å²) in [6.07, 6.45) is 5.84. The summed E-state index contributed by atoms with van der Waals surface area (Å²) in [4.78, 5) is 16.4. The molecule has 1 amide bonds. The van der Waals surface area contributed by atoms with E-state index >= 15 is 0 Å². The van der Waals surface area contributed by atoms with E-state index in [0.717, 1.165) is 51.3 Å². The Balaban J connectivity index is 1.60. The molecule has 2 aliphatic heterocycles. The van der Waals surface area contributed by atoms with Gasteiger partial charge in [-0.05, 0) is 51.2 Å². The van der Waals surface area contributed by atoms with E-state index in [-0.39, 0.29) is 5.92 Å². The summed E-state index contributed by atoms with van der Waals surface area (Å²) < 4.78 is 5.76. The molecule has 1 aromatic carbocycles. The SMILES string of the molecule is CCOc1ccccc1C[NH+]1CCCC(C(=O)N2CCCCC2)C1. The number of carbonyl (C=O) groups is 1. The summed E-state index contributed by atoms with van der Waals surface area (Å²) in [5, 5.41) is 0. The molecule has 0 aromatic heterocycles. The molecule has 1 aromatic rings. The Morgan fingerprint density at radius 1 is 1.21 bits per heavy atom. The van der Waals surface area contributed by atoms with Crippen molar-refractivity contribution in [3.05, 3.63) is 29.8 Å². The lowest BCUT2D eigenvalue weighted by Gasteiger charge is -2.34. The maximum absolute atomic E-state index is 12.8. The quantitative estimate of drug-likeness (QED) is 0.894. The molecule has 0 spiro atoms. The van der Waals surface area contributed by atoms with Crippen LogP contribution in [0.25, 0.3) is 0 Å². The van der Waals surface area contributed by atoms with E-state index in [2.05, 4.69) is 23.1 Å². The zero-order valence-corrected chi connectivity index (χ0v) is 14.9. The smallest absolute Gasteiger partial charge is 0.231 e. The Bertz CT molecular complexity index is 540. The van der Waals surface area contributed by atoms with Crippen molar-refractivity contribution in [2.75, 3.05) is 32.8 Å². The summed E-state index contributed by atoms with van der Waals surface area (Å²) in [5.41, 5.74) is 1.26. The molecule has 0 radical (unpaired) electrons. The molecule has 2 saturated heterocycles. The highest BCUT2D eigenvalue weighted by molar-refractivity contribution is 5.79. The number of amides is 1. The lowest BCUT2D eigenvalue weighted by atomic mass is 9.95. The van der Waals surface area contributed by atoms with Crippen LogP contribution in [0.3, 0.4) is 0 Å². The van der Waals surface area contributed by atoms with Crippen molar-refractivity contribution in [1.82, 2.24) is 4.90 Å². The molecule has 2 unspecified atom stereocenters. The number of ether oxygens (including phenoxy) is 1. The first-order chi connectivity index (χ1) is 11.8. The minimum Gasteiger partial charge on any atom is -0.493 e. The van der Waals surface area contributed by atoms with Crippen molar-refractivity contribution in [3.63, 3.8) is 0 Å². The molecule has 3 rings (SSSR count). The molecule has 132 valence electrons. The highest BCUT2D eigenvalue weighted by Gasteiger charge is 2.32. The van der Waals surface area contributed by atoms with Gasteiger partial charge in [0.2, 0.25) is 5.91 Å². The Hall–Kier alpha value is -1.55. The molecule has 0 saturated carbocycles. The number of quaternary nitrogens is 1. The molecule has 0 bridgehead atoms. The fraction of sp³-hybridized carbons (Fsp3) is 0.650. The van der Waals surface area contributed by atoms with Gasteiger partial charge < -0.3 is 14.5 Å². The minimum atomic E-state index is 0.214. The summed E-state index contributed by atoms with van der Waals surface area (Å²) in [5.74, 6) is 1.62. The van der Waals surface area contributed by atoms with Crippen LogP contribution in [0.15, 0.2) is 24.3 Å². The third kappa shape index (κ3) is 4.29. The summed E-state index contributed by atoms with van der Waals surface area (Å²) >= 11 is 0. The molecular weight excluding hydrogens is 300 g/mol. The van der Waals surface area contributed by atoms with Gasteiger partial charge in [-0.1, -0.05) is 12.1 Å². The van der Waals surface area contributed by atoms with Gasteiger partial charge in [0.05, 0.1) is 25.6 Å². The molecule has 2 aliphatic rings. The molecule has 4 nitrogen and oxygen atoms in total. The third-order valence-corrected chi connectivity index (χ3v) is 5.35. The van der Waals surface area contributed by atoms with Gasteiger partial charge in [-0.25, -0.2) is 0 Å². The van der Waals surface area contributed by atoms with Crippen molar-refractivity contribution < 1.29 is 14.4 Å². The van der Waals surface area contributed by atoms with Gasteiger partial charge in [0.25, 0.3) is 0 Å². The Morgan fingerprint density at radius 2 is 2.00 bits per heavy atom. The average Bonchev–Trinajstić information content (AvgIpc) is 2.64. The van der Waals surface area contributed by atoms with E-state index < -0.39 is 0 Å². The van der Waals surface area contributed by atoms with Gasteiger partial charge in [-0.2, -0.15) is 0 Å². The average molecular weight is 331 g/mol. The van der Waals surface area contributed by atoms with Gasteiger partial charge in [0.15, 0.2) is 0 Å². The molecule has 2 atom stereocenters. The third-order valence-electron chi connectivity index (χ3n) is 5.35. The summed E-state index contributed by atoms with van der Waals surface area (Å²) in [7, 11) is 0. The number of likely N-dealkylation sites (tertiary alicyclic amines) is 2. The zero-order valence-electron chi connectivity index (χ0n) is 14.9. The summed E-state index contributed by atoms with van der Waals surface area (Å²) in [6.45, 7) is 7.75. The molecular formula is C20H31N2O2+. The van der Waals surface area contributed by atoms with E-state index in [1.807, 2.05) is 13.0 Å². The predicted octanol–water partition coefficient (Wildman–Crippen LogP) is 1.89. The van der Waals surface area contributed by atoms with E-state index in [1.165, 1.54) is 29.7 Å². The number of hydrogen-bond acceptors (Lipinski definition) is 2. The van der Waals surface area contributed by atoms with Gasteiger partial charge in [-0.3, -0.25) is 4.79 Å². The first kappa shape index (κ1) is 17.3. The number of hydrogen-bond donors (Lipinski definition) is 1. The van der Waals surface area contributed by atoms with Crippen molar-refractivity contribution in [3.8, 4) is 5.75 Å². The second-order valence-corrected chi connectivity index (χ2v) is 7.15. The fourth-order valence-corrected chi connectivity index (χ4v) is 4.11. The van der Waals surface area contributed by atoms with Crippen LogP contribution in [0.1, 0.15) is 44.6 Å². The normalized spacial score (nSPS) is 24.6. The minimum absolute atomic E-state index is 0.214. The maximum atomic E-state index is 12.8. The van der Waals surface area contributed by atoms with Gasteiger partial charge >= 0.3 is 0 Å². The first-order valence-electron chi connectivity index (χ1n) is 9.61. The van der Waals surface area contributed by atoms with Crippen LogP contribution in [0.4, 0.5) is 0 Å². The molecule has 24 heavy (non-hydrogen) atoms. The number of para-hydroxylation sites is 1. The number of nitrogens with one attached hydrogen (secondary N) is 1. The molecule has 0 aliphatic carbocycles. The van der Waals surface area contributed by atoms with Gasteiger partial charge in [0, 0.05) is 18.7 Å². The van der Waals surface area contributed by atoms with Crippen LogP contribution >= 0.6 is 0 Å². The van der Waals surface area contributed by atoms with Crippen LogP contribution in [-0.2, 0) is 11.3 Å². The van der Waals surface area contributed by atoms with Crippen LogP contribution in [0.2, 0.25) is 0 Å². The standard InChI is InChI=1S/C20H30N2O2/c1-2-24-19-11-5-4-9-17(19)15-21-12-8-10-18(16-21)20(23)22-13-6-3-7-14-22/h4-5,9,11,18H,2-3,6-8,10,12-16H2,1H3/p+1. The Morgan fingerprint density at radius 3 is 2.79 bits per heavy atom. The van der Waals surface area contributed by atoms with Crippen LogP contribution in [0.5, 0.6) is 5.75 Å². The highest BCUT2D eigenvalue weighted by atomic mass is 16.5. The lowest BCUT2D eigenvalue weighted by molar-refractivity contribution is -0.921. The fourth-order valence-electron chi connectivity index (χ4n) is 4.11. The van der Waals surface area contributed by atoms with Gasteiger partial charge in [-0.15, -0.1) is 0 Å². The number of piperidine rings is 2. The highest BCUT2D eigenvalue weighted by Crippen LogP contribution is 2.19. The first-order valence-corrected chi connectivity index (χ1v) is 9.61. The Kier molecular flexibility index (Phi) is 6.13. The van der Waals surface area contributed by atoms with Crippen molar-refractivity contribution in [2.24, 2.45) is 5.92 Å². The zero-order chi connectivity index (χ0) is 16.8. The van der Waals surface area contributed by atoms with E-state index in [0.29, 0.717) is 12.5 Å². The number of rotatable bonds is 5. The van der Waals surface area contributed by atoms with Crippen molar-refractivity contribution in [1.29, 1.82) is 0 Å². The van der Waals surface area contributed by atoms with E-state index in [9.17, 15) is 4.79 Å². The van der Waals surface area contributed by atoms with Crippen molar-refractivity contribution >= 4 is 5.91 Å². The summed E-state index contributed by atoms with van der Waals surface area (Å²) in [6, 6.07) is 8.33.